The van der Waals surface area contributed by atoms with Gasteiger partial charge in [0, 0.05) is 10.9 Å². The van der Waals surface area contributed by atoms with Gasteiger partial charge in [-0.25, -0.2) is 4.98 Å². The maximum absolute atomic E-state index is 11.0. The monoisotopic (exact) mass is 410 g/mol. The highest BCUT2D eigenvalue weighted by atomic mass is 35.5. The summed E-state index contributed by atoms with van der Waals surface area (Å²) in [4.78, 5) is 4.48. The van der Waals surface area contributed by atoms with Gasteiger partial charge in [0.1, 0.15) is 22.6 Å². The first-order chi connectivity index (χ1) is 13.8. The summed E-state index contributed by atoms with van der Waals surface area (Å²) >= 11 is 6.17. The van der Waals surface area contributed by atoms with Gasteiger partial charge in [0.05, 0.1) is 11.6 Å². The molecule has 0 spiro atoms. The molecule has 2 aromatic carbocycles. The molecule has 2 unspecified atom stereocenters. The van der Waals surface area contributed by atoms with Gasteiger partial charge in [-0.1, -0.05) is 41.9 Å². The molecule has 0 fully saturated rings. The normalized spacial score (nSPS) is 20.3. The lowest BCUT2D eigenvalue weighted by Crippen LogP contribution is -2.52. The van der Waals surface area contributed by atoms with Crippen LogP contribution >= 0.6 is 11.6 Å². The fourth-order valence-electron chi connectivity index (χ4n) is 4.06. The maximum Gasteiger partial charge on any atom is 0.131 e. The Kier molecular flexibility index (Phi) is 5.52. The Balaban J connectivity index is 1.60. The maximum atomic E-state index is 11.0. The zero-order valence-electron chi connectivity index (χ0n) is 17.1. The van der Waals surface area contributed by atoms with Crippen LogP contribution in [-0.2, 0) is 6.42 Å². The number of hydrogen-bond acceptors (Lipinski definition) is 4. The molecule has 152 valence electrons. The molecule has 1 aromatic heterocycles. The standard InChI is InChI=1S/C24H27ClN2O2/c1-15-12-21(25)27-19-13-18-20(14-17(15)19)29-24(2,3)23(28)22(18)26-11-7-10-16-8-5-4-6-9-16/h4-6,8-9,12-14,22-23,26,28H,7,10-11H2,1-3H3. The van der Waals surface area contributed by atoms with E-state index >= 15 is 0 Å². The largest absolute Gasteiger partial charge is 0.485 e. The molecular weight excluding hydrogens is 384 g/mol. The van der Waals surface area contributed by atoms with E-state index in [1.54, 1.807) is 0 Å². The number of nitrogens with one attached hydrogen (secondary N) is 1. The second-order valence-corrected chi connectivity index (χ2v) is 8.73. The molecule has 0 amide bonds. The van der Waals surface area contributed by atoms with E-state index in [0.29, 0.717) is 5.15 Å². The van der Waals surface area contributed by atoms with Gasteiger partial charge in [0.25, 0.3) is 0 Å². The van der Waals surface area contributed by atoms with Crippen LogP contribution < -0.4 is 10.1 Å². The van der Waals surface area contributed by atoms with Crippen LogP contribution in [0.15, 0.2) is 48.5 Å². The Bertz CT molecular complexity index is 1020. The topological polar surface area (TPSA) is 54.4 Å². The van der Waals surface area contributed by atoms with Crippen molar-refractivity contribution in [2.24, 2.45) is 0 Å². The fraction of sp³-hybridized carbons (Fsp3) is 0.375. The number of aliphatic hydroxyl groups is 1. The van der Waals surface area contributed by atoms with Crippen molar-refractivity contribution in [1.82, 2.24) is 10.3 Å². The summed E-state index contributed by atoms with van der Waals surface area (Å²) < 4.78 is 6.18. The number of nitrogens with zero attached hydrogens (tertiary/aromatic N) is 1. The molecule has 0 bridgehead atoms. The van der Waals surface area contributed by atoms with Crippen molar-refractivity contribution in [2.45, 2.75) is 51.4 Å². The molecule has 2 atom stereocenters. The summed E-state index contributed by atoms with van der Waals surface area (Å²) in [6, 6.07) is 16.1. The van der Waals surface area contributed by atoms with Crippen LogP contribution in [0, 0.1) is 6.92 Å². The van der Waals surface area contributed by atoms with Crippen molar-refractivity contribution < 1.29 is 9.84 Å². The molecular formula is C24H27ClN2O2. The van der Waals surface area contributed by atoms with Crippen LogP contribution in [-0.4, -0.2) is 28.3 Å². The van der Waals surface area contributed by atoms with E-state index < -0.39 is 11.7 Å². The summed E-state index contributed by atoms with van der Waals surface area (Å²) in [7, 11) is 0. The molecule has 0 aliphatic carbocycles. The van der Waals surface area contributed by atoms with Crippen molar-refractivity contribution in [3.05, 3.63) is 70.4 Å². The highest BCUT2D eigenvalue weighted by molar-refractivity contribution is 6.29. The van der Waals surface area contributed by atoms with Crippen LogP contribution in [0.25, 0.3) is 10.9 Å². The average molecular weight is 411 g/mol. The molecule has 4 nitrogen and oxygen atoms in total. The summed E-state index contributed by atoms with van der Waals surface area (Å²) in [5, 5.41) is 16.1. The molecule has 1 aliphatic heterocycles. The van der Waals surface area contributed by atoms with Gasteiger partial charge in [-0.2, -0.15) is 0 Å². The lowest BCUT2D eigenvalue weighted by Gasteiger charge is -2.42. The highest BCUT2D eigenvalue weighted by Crippen LogP contribution is 2.42. The number of pyridine rings is 1. The molecule has 0 saturated carbocycles. The Morgan fingerprint density at radius 2 is 1.93 bits per heavy atom. The minimum absolute atomic E-state index is 0.227. The minimum atomic E-state index is -0.689. The first-order valence-electron chi connectivity index (χ1n) is 10.1. The van der Waals surface area contributed by atoms with E-state index in [2.05, 4.69) is 34.6 Å². The van der Waals surface area contributed by atoms with Gasteiger partial charge < -0.3 is 15.2 Å². The van der Waals surface area contributed by atoms with E-state index in [4.69, 9.17) is 16.3 Å². The van der Waals surface area contributed by atoms with Gasteiger partial charge in [-0.05, 0) is 69.5 Å². The van der Waals surface area contributed by atoms with Gasteiger partial charge in [0.2, 0.25) is 0 Å². The molecule has 5 heteroatoms. The third-order valence-corrected chi connectivity index (χ3v) is 5.89. The number of hydrogen-bond donors (Lipinski definition) is 2. The first kappa shape index (κ1) is 20.1. The summed E-state index contributed by atoms with van der Waals surface area (Å²) in [5.41, 5.74) is 3.44. The van der Waals surface area contributed by atoms with Crippen LogP contribution in [0.5, 0.6) is 5.75 Å². The minimum Gasteiger partial charge on any atom is -0.485 e. The van der Waals surface area contributed by atoms with Crippen LogP contribution in [0.3, 0.4) is 0 Å². The van der Waals surface area contributed by atoms with Crippen molar-refractivity contribution in [2.75, 3.05) is 6.54 Å². The second kappa shape index (κ2) is 7.94. The SMILES string of the molecule is Cc1cc(Cl)nc2cc3c(cc12)OC(C)(C)C(O)C3NCCCc1ccccc1. The van der Waals surface area contributed by atoms with Crippen molar-refractivity contribution in [1.29, 1.82) is 0 Å². The molecule has 0 saturated heterocycles. The van der Waals surface area contributed by atoms with Gasteiger partial charge in [-0.3, -0.25) is 0 Å². The zero-order valence-corrected chi connectivity index (χ0v) is 17.8. The first-order valence-corrected chi connectivity index (χ1v) is 10.5. The van der Waals surface area contributed by atoms with Crippen LogP contribution in [0.4, 0.5) is 0 Å². The van der Waals surface area contributed by atoms with E-state index in [0.717, 1.165) is 47.2 Å². The third kappa shape index (κ3) is 4.11. The molecule has 29 heavy (non-hydrogen) atoms. The van der Waals surface area contributed by atoms with Crippen molar-refractivity contribution in [3.63, 3.8) is 0 Å². The second-order valence-electron chi connectivity index (χ2n) is 8.34. The molecule has 3 aromatic rings. The van der Waals surface area contributed by atoms with Crippen LogP contribution in [0.2, 0.25) is 5.15 Å². The number of rotatable bonds is 5. The number of benzene rings is 2. The summed E-state index contributed by atoms with van der Waals surface area (Å²) in [6.45, 7) is 6.67. The van der Waals surface area contributed by atoms with Gasteiger partial charge in [-0.15, -0.1) is 0 Å². The van der Waals surface area contributed by atoms with Gasteiger partial charge in [0.15, 0.2) is 0 Å². The predicted molar refractivity (Wildman–Crippen MR) is 118 cm³/mol. The Hall–Kier alpha value is -2.14. The highest BCUT2D eigenvalue weighted by Gasteiger charge is 2.42. The number of ether oxygens (including phenoxy) is 1. The molecule has 4 rings (SSSR count). The predicted octanol–water partition coefficient (Wildman–Crippen LogP) is 4.99. The Morgan fingerprint density at radius 1 is 1.17 bits per heavy atom. The quantitative estimate of drug-likeness (QED) is 0.459. The van der Waals surface area contributed by atoms with E-state index in [9.17, 15) is 5.11 Å². The number of aryl methyl sites for hydroxylation is 2. The van der Waals surface area contributed by atoms with E-state index in [-0.39, 0.29) is 6.04 Å². The number of fused-ring (bicyclic) bond motifs is 2. The zero-order chi connectivity index (χ0) is 20.6. The van der Waals surface area contributed by atoms with E-state index in [1.165, 1.54) is 5.56 Å². The smallest absolute Gasteiger partial charge is 0.131 e. The molecule has 2 N–H and O–H groups in total. The summed E-state index contributed by atoms with van der Waals surface area (Å²) in [6.07, 6.45) is 1.31. The molecule has 1 aliphatic rings. The summed E-state index contributed by atoms with van der Waals surface area (Å²) in [5.74, 6) is 0.792. The average Bonchev–Trinajstić information content (AvgIpc) is 2.68. The lowest BCUT2D eigenvalue weighted by atomic mass is 9.85. The number of aromatic nitrogens is 1. The fourth-order valence-corrected chi connectivity index (χ4v) is 4.31. The van der Waals surface area contributed by atoms with Crippen molar-refractivity contribution in [3.8, 4) is 5.75 Å². The Labute approximate surface area is 176 Å². The lowest BCUT2D eigenvalue weighted by molar-refractivity contribution is -0.0643. The van der Waals surface area contributed by atoms with E-state index in [1.807, 2.05) is 45.0 Å². The molecule has 0 radical (unpaired) electrons. The van der Waals surface area contributed by atoms with Gasteiger partial charge >= 0.3 is 0 Å². The molecule has 2 heterocycles. The Morgan fingerprint density at radius 3 is 2.69 bits per heavy atom. The third-order valence-electron chi connectivity index (χ3n) is 5.70. The number of aliphatic hydroxyl groups excluding tert-OH is 1. The van der Waals surface area contributed by atoms with Crippen LogP contribution in [0.1, 0.15) is 43.0 Å². The number of halogens is 1. The van der Waals surface area contributed by atoms with Crippen molar-refractivity contribution >= 4 is 22.5 Å².